The maximum Gasteiger partial charge on any atom is 0.305 e. The van der Waals surface area contributed by atoms with Crippen molar-refractivity contribution < 1.29 is 19.8 Å². The minimum Gasteiger partial charge on any atom is -0.507 e. The summed E-state index contributed by atoms with van der Waals surface area (Å²) in [6.07, 6.45) is 1.08. The first kappa shape index (κ1) is 15.8. The number of phenolic OH excluding ortho intramolecular Hbond substituents is 1. The summed E-state index contributed by atoms with van der Waals surface area (Å²) in [6, 6.07) is 4.97. The molecule has 1 fully saturated rings. The fraction of sp³-hybridized carbons (Fsp3) is 0.231. The molecule has 0 radical (unpaired) electrons. The SMILES string of the molecule is CNc1cccc(O)c1C=NN=C1NC(=O)C(CC(=O)O)S1. The Morgan fingerprint density at radius 3 is 3.00 bits per heavy atom. The first-order valence-corrected chi connectivity index (χ1v) is 7.19. The van der Waals surface area contributed by atoms with E-state index in [4.69, 9.17) is 5.11 Å². The fourth-order valence-corrected chi connectivity index (χ4v) is 2.71. The van der Waals surface area contributed by atoms with Gasteiger partial charge >= 0.3 is 5.97 Å². The molecular formula is C13H14N4O4S. The van der Waals surface area contributed by atoms with Crippen LogP contribution in [0.4, 0.5) is 5.69 Å². The van der Waals surface area contributed by atoms with Crippen molar-refractivity contribution in [1.82, 2.24) is 5.32 Å². The van der Waals surface area contributed by atoms with Crippen molar-refractivity contribution in [3.63, 3.8) is 0 Å². The number of carboxylic acids is 1. The Hall–Kier alpha value is -2.55. The zero-order valence-electron chi connectivity index (χ0n) is 11.6. The minimum absolute atomic E-state index is 0.0441. The fourth-order valence-electron chi connectivity index (χ4n) is 1.79. The molecule has 0 aromatic heterocycles. The molecule has 22 heavy (non-hydrogen) atoms. The highest BCUT2D eigenvalue weighted by Crippen LogP contribution is 2.24. The van der Waals surface area contributed by atoms with Crippen LogP contribution in [0.2, 0.25) is 0 Å². The van der Waals surface area contributed by atoms with E-state index >= 15 is 0 Å². The van der Waals surface area contributed by atoms with Crippen molar-refractivity contribution in [3.05, 3.63) is 23.8 Å². The Balaban J connectivity index is 2.10. The summed E-state index contributed by atoms with van der Waals surface area (Å²) < 4.78 is 0. The number of anilines is 1. The molecule has 1 aliphatic heterocycles. The minimum atomic E-state index is -1.05. The van der Waals surface area contributed by atoms with Crippen molar-refractivity contribution in [1.29, 1.82) is 0 Å². The summed E-state index contributed by atoms with van der Waals surface area (Å²) in [5.41, 5.74) is 1.14. The highest BCUT2D eigenvalue weighted by atomic mass is 32.2. The molecule has 1 atom stereocenters. The number of nitrogens with zero attached hydrogens (tertiary/aromatic N) is 2. The van der Waals surface area contributed by atoms with Crippen molar-refractivity contribution >= 4 is 40.7 Å². The third-order valence-corrected chi connectivity index (χ3v) is 3.90. The molecule has 8 nitrogen and oxygen atoms in total. The standard InChI is InChI=1S/C13H14N4O4S/c1-14-8-3-2-4-9(18)7(8)6-15-17-13-16-12(21)10(22-13)5-11(19)20/h2-4,6,10,14,18H,5H2,1H3,(H,19,20)(H,16,17,21). The molecule has 0 spiro atoms. The largest absolute Gasteiger partial charge is 0.507 e. The Kier molecular flexibility index (Phi) is 4.99. The molecular weight excluding hydrogens is 308 g/mol. The lowest BCUT2D eigenvalue weighted by Crippen LogP contribution is -2.26. The lowest BCUT2D eigenvalue weighted by molar-refractivity contribution is -0.138. The van der Waals surface area contributed by atoms with E-state index < -0.39 is 17.1 Å². The number of hydrogen-bond donors (Lipinski definition) is 4. The number of carboxylic acid groups (broad SMARTS) is 1. The lowest BCUT2D eigenvalue weighted by atomic mass is 10.2. The Morgan fingerprint density at radius 1 is 1.55 bits per heavy atom. The number of aromatic hydroxyl groups is 1. The Bertz CT molecular complexity index is 659. The van der Waals surface area contributed by atoms with Gasteiger partial charge in [0.2, 0.25) is 5.91 Å². The highest BCUT2D eigenvalue weighted by Gasteiger charge is 2.32. The van der Waals surface area contributed by atoms with Gasteiger partial charge < -0.3 is 20.8 Å². The number of phenols is 1. The smallest absolute Gasteiger partial charge is 0.305 e. The van der Waals surface area contributed by atoms with Gasteiger partial charge in [-0.15, -0.1) is 5.10 Å². The van der Waals surface area contributed by atoms with Gasteiger partial charge in [0, 0.05) is 12.7 Å². The van der Waals surface area contributed by atoms with Gasteiger partial charge in [-0.2, -0.15) is 5.10 Å². The van der Waals surface area contributed by atoms with E-state index in [-0.39, 0.29) is 17.3 Å². The van der Waals surface area contributed by atoms with Gasteiger partial charge in [0.05, 0.1) is 18.2 Å². The first-order chi connectivity index (χ1) is 10.5. The van der Waals surface area contributed by atoms with E-state index in [2.05, 4.69) is 20.8 Å². The predicted molar refractivity (Wildman–Crippen MR) is 84.5 cm³/mol. The second-order valence-electron chi connectivity index (χ2n) is 4.33. The van der Waals surface area contributed by atoms with Gasteiger partial charge in [0.15, 0.2) is 5.17 Å². The van der Waals surface area contributed by atoms with Gasteiger partial charge in [0.1, 0.15) is 11.0 Å². The van der Waals surface area contributed by atoms with Crippen LogP contribution >= 0.6 is 11.8 Å². The zero-order chi connectivity index (χ0) is 16.1. The molecule has 0 saturated carbocycles. The van der Waals surface area contributed by atoms with E-state index in [1.807, 2.05) is 0 Å². The molecule has 0 aliphatic carbocycles. The normalized spacial score (nSPS) is 19.6. The molecule has 1 amide bonds. The van der Waals surface area contributed by atoms with E-state index in [1.54, 1.807) is 19.2 Å². The number of amidine groups is 1. The summed E-state index contributed by atoms with van der Waals surface area (Å²) in [4.78, 5) is 22.1. The zero-order valence-corrected chi connectivity index (χ0v) is 12.4. The third kappa shape index (κ3) is 3.76. The Labute approximate surface area is 130 Å². The number of aliphatic carboxylic acids is 1. The number of benzene rings is 1. The molecule has 1 saturated heterocycles. The van der Waals surface area contributed by atoms with Gasteiger partial charge in [-0.25, -0.2) is 0 Å². The maximum atomic E-state index is 11.5. The maximum absolute atomic E-state index is 11.5. The molecule has 1 heterocycles. The molecule has 1 aliphatic rings. The van der Waals surface area contributed by atoms with Crippen LogP contribution in [0.25, 0.3) is 0 Å². The van der Waals surface area contributed by atoms with Crippen LogP contribution in [0, 0.1) is 0 Å². The quantitative estimate of drug-likeness (QED) is 0.470. The van der Waals surface area contributed by atoms with Crippen molar-refractivity contribution in [2.75, 3.05) is 12.4 Å². The van der Waals surface area contributed by atoms with Crippen molar-refractivity contribution in [3.8, 4) is 5.75 Å². The first-order valence-electron chi connectivity index (χ1n) is 6.31. The van der Waals surface area contributed by atoms with Gasteiger partial charge in [-0.3, -0.25) is 9.59 Å². The van der Waals surface area contributed by atoms with Crippen molar-refractivity contribution in [2.45, 2.75) is 11.7 Å². The monoisotopic (exact) mass is 322 g/mol. The average molecular weight is 322 g/mol. The van der Waals surface area contributed by atoms with E-state index in [0.717, 1.165) is 11.8 Å². The molecule has 1 aromatic rings. The van der Waals surface area contributed by atoms with E-state index in [9.17, 15) is 14.7 Å². The lowest BCUT2D eigenvalue weighted by Gasteiger charge is -2.05. The van der Waals surface area contributed by atoms with Crippen LogP contribution < -0.4 is 10.6 Å². The van der Waals surface area contributed by atoms with Gasteiger partial charge in [-0.1, -0.05) is 17.8 Å². The third-order valence-electron chi connectivity index (χ3n) is 2.82. The second-order valence-corrected chi connectivity index (χ2v) is 5.52. The predicted octanol–water partition coefficient (Wildman–Crippen LogP) is 0.830. The molecule has 4 N–H and O–H groups in total. The number of carbonyl (C=O) groups excluding carboxylic acids is 1. The molecule has 116 valence electrons. The summed E-state index contributed by atoms with van der Waals surface area (Å²) in [6.45, 7) is 0. The van der Waals surface area contributed by atoms with E-state index in [1.165, 1.54) is 12.3 Å². The average Bonchev–Trinajstić information content (AvgIpc) is 2.80. The van der Waals surface area contributed by atoms with Crippen molar-refractivity contribution in [2.24, 2.45) is 10.2 Å². The summed E-state index contributed by atoms with van der Waals surface area (Å²) in [7, 11) is 1.71. The van der Waals surface area contributed by atoms with Crippen LogP contribution in [0.5, 0.6) is 5.75 Å². The van der Waals surface area contributed by atoms with Crippen LogP contribution in [0.1, 0.15) is 12.0 Å². The molecule has 2 rings (SSSR count). The van der Waals surface area contributed by atoms with Crippen LogP contribution in [-0.4, -0.2) is 45.8 Å². The molecule has 0 bridgehead atoms. The number of nitrogens with one attached hydrogen (secondary N) is 2. The summed E-state index contributed by atoms with van der Waals surface area (Å²) >= 11 is 1.01. The number of rotatable bonds is 5. The highest BCUT2D eigenvalue weighted by molar-refractivity contribution is 8.15. The van der Waals surface area contributed by atoms with E-state index in [0.29, 0.717) is 11.3 Å². The summed E-state index contributed by atoms with van der Waals surface area (Å²) in [5, 5.41) is 31.0. The number of hydrogen-bond acceptors (Lipinski definition) is 7. The second kappa shape index (κ2) is 6.94. The topological polar surface area (TPSA) is 123 Å². The Morgan fingerprint density at radius 2 is 2.32 bits per heavy atom. The number of carbonyl (C=O) groups is 2. The molecule has 1 unspecified atom stereocenters. The number of amides is 1. The summed E-state index contributed by atoms with van der Waals surface area (Å²) in [5.74, 6) is -1.41. The van der Waals surface area contributed by atoms with Crippen LogP contribution in [0.15, 0.2) is 28.4 Å². The van der Waals surface area contributed by atoms with Gasteiger partial charge in [-0.05, 0) is 12.1 Å². The van der Waals surface area contributed by atoms with Crippen LogP contribution in [-0.2, 0) is 9.59 Å². The molecule has 1 aromatic carbocycles. The van der Waals surface area contributed by atoms with Crippen LogP contribution in [0.3, 0.4) is 0 Å². The van der Waals surface area contributed by atoms with Gasteiger partial charge in [0.25, 0.3) is 0 Å². The number of thioether (sulfide) groups is 1. The molecule has 9 heteroatoms.